The number of nitrogens with zero attached hydrogens (tertiary/aromatic N) is 1. The molecular weight excluding hydrogens is 256 g/mol. The van der Waals surface area contributed by atoms with Crippen molar-refractivity contribution in [3.8, 4) is 5.75 Å². The number of hydrogen-bond donors (Lipinski definition) is 1. The normalized spacial score (nSPS) is 10.2. The number of rotatable bonds is 6. The first-order valence-corrected chi connectivity index (χ1v) is 7.26. The minimum atomic E-state index is 0.891. The second-order valence-electron chi connectivity index (χ2n) is 4.04. The van der Waals surface area contributed by atoms with E-state index in [0.717, 1.165) is 23.9 Å². The molecule has 1 aromatic carbocycles. The van der Waals surface area contributed by atoms with Crippen LogP contribution in [0.2, 0.25) is 0 Å². The van der Waals surface area contributed by atoms with Gasteiger partial charge in [0.25, 0.3) is 0 Å². The van der Waals surface area contributed by atoms with Crippen LogP contribution in [-0.4, -0.2) is 18.6 Å². The van der Waals surface area contributed by atoms with Gasteiger partial charge < -0.3 is 10.1 Å². The summed E-state index contributed by atoms with van der Waals surface area (Å²) in [7, 11) is 1.68. The number of benzene rings is 1. The average Bonchev–Trinajstić information content (AvgIpc) is 2.46. The Morgan fingerprint density at radius 3 is 2.68 bits per heavy atom. The number of anilines is 1. The molecule has 2 rings (SSSR count). The molecule has 0 aliphatic carbocycles. The van der Waals surface area contributed by atoms with Crippen molar-refractivity contribution < 1.29 is 4.74 Å². The van der Waals surface area contributed by atoms with Gasteiger partial charge in [0.05, 0.1) is 7.11 Å². The fraction of sp³-hybridized carbons (Fsp3) is 0.267. The monoisotopic (exact) mass is 274 g/mol. The van der Waals surface area contributed by atoms with Crippen LogP contribution in [0, 0.1) is 0 Å². The fourth-order valence-corrected chi connectivity index (χ4v) is 2.52. The van der Waals surface area contributed by atoms with Crippen LogP contribution in [0.15, 0.2) is 47.5 Å². The summed E-state index contributed by atoms with van der Waals surface area (Å²) in [6.45, 7) is 2.96. The van der Waals surface area contributed by atoms with Gasteiger partial charge >= 0.3 is 0 Å². The smallest absolute Gasteiger partial charge is 0.126 e. The lowest BCUT2D eigenvalue weighted by Crippen LogP contribution is -1.99. The van der Waals surface area contributed by atoms with Crippen LogP contribution in [0.4, 0.5) is 5.82 Å². The SMILES string of the molecule is CCNc1cc(CSc2ccc(OC)cc2)ccn1. The van der Waals surface area contributed by atoms with Crippen molar-refractivity contribution >= 4 is 17.6 Å². The van der Waals surface area contributed by atoms with E-state index in [1.54, 1.807) is 7.11 Å². The molecule has 0 aliphatic heterocycles. The molecule has 0 fully saturated rings. The number of aromatic nitrogens is 1. The molecule has 0 aliphatic rings. The third-order valence-electron chi connectivity index (χ3n) is 2.65. The molecule has 1 heterocycles. The van der Waals surface area contributed by atoms with Gasteiger partial charge in [-0.1, -0.05) is 0 Å². The van der Waals surface area contributed by atoms with E-state index in [-0.39, 0.29) is 0 Å². The van der Waals surface area contributed by atoms with Crippen molar-refractivity contribution in [1.82, 2.24) is 4.98 Å². The molecule has 1 N–H and O–H groups in total. The molecular formula is C15H18N2OS. The van der Waals surface area contributed by atoms with Crippen LogP contribution in [0.25, 0.3) is 0 Å². The van der Waals surface area contributed by atoms with E-state index in [1.807, 2.05) is 30.1 Å². The van der Waals surface area contributed by atoms with Crippen LogP contribution in [-0.2, 0) is 5.75 Å². The van der Waals surface area contributed by atoms with Gasteiger partial charge in [-0.25, -0.2) is 4.98 Å². The number of nitrogens with one attached hydrogen (secondary N) is 1. The minimum absolute atomic E-state index is 0.891. The third kappa shape index (κ3) is 4.17. The fourth-order valence-electron chi connectivity index (χ4n) is 1.68. The van der Waals surface area contributed by atoms with E-state index in [4.69, 9.17) is 4.74 Å². The van der Waals surface area contributed by atoms with Crippen molar-refractivity contribution in [2.75, 3.05) is 19.0 Å². The zero-order chi connectivity index (χ0) is 13.5. The Bertz CT molecular complexity index is 514. The number of pyridine rings is 1. The van der Waals surface area contributed by atoms with Gasteiger partial charge in [-0.3, -0.25) is 0 Å². The second-order valence-corrected chi connectivity index (χ2v) is 5.09. The highest BCUT2D eigenvalue weighted by Crippen LogP contribution is 2.25. The molecule has 4 heteroatoms. The summed E-state index contributed by atoms with van der Waals surface area (Å²) in [4.78, 5) is 5.51. The highest BCUT2D eigenvalue weighted by atomic mass is 32.2. The molecule has 3 nitrogen and oxygen atoms in total. The van der Waals surface area contributed by atoms with E-state index < -0.39 is 0 Å². The lowest BCUT2D eigenvalue weighted by molar-refractivity contribution is 0.414. The summed E-state index contributed by atoms with van der Waals surface area (Å²) >= 11 is 1.81. The molecule has 0 atom stereocenters. The zero-order valence-electron chi connectivity index (χ0n) is 11.2. The highest BCUT2D eigenvalue weighted by Gasteiger charge is 1.99. The van der Waals surface area contributed by atoms with E-state index >= 15 is 0 Å². The number of thioether (sulfide) groups is 1. The van der Waals surface area contributed by atoms with E-state index in [2.05, 4.69) is 41.5 Å². The van der Waals surface area contributed by atoms with Crippen LogP contribution < -0.4 is 10.1 Å². The maximum atomic E-state index is 5.15. The lowest BCUT2D eigenvalue weighted by Gasteiger charge is -2.06. The molecule has 0 spiro atoms. The molecule has 0 radical (unpaired) electrons. The molecule has 2 aromatic rings. The Morgan fingerprint density at radius 2 is 2.00 bits per heavy atom. The average molecular weight is 274 g/mol. The summed E-state index contributed by atoms with van der Waals surface area (Å²) < 4.78 is 5.15. The van der Waals surface area contributed by atoms with Gasteiger partial charge in [0, 0.05) is 23.4 Å². The van der Waals surface area contributed by atoms with Gasteiger partial charge in [-0.05, 0) is 48.9 Å². The molecule has 0 saturated heterocycles. The summed E-state index contributed by atoms with van der Waals surface area (Å²) in [5.41, 5.74) is 1.27. The molecule has 0 amide bonds. The van der Waals surface area contributed by atoms with Crippen molar-refractivity contribution in [2.45, 2.75) is 17.6 Å². The maximum Gasteiger partial charge on any atom is 0.126 e. The van der Waals surface area contributed by atoms with Crippen LogP contribution in [0.5, 0.6) is 5.75 Å². The maximum absolute atomic E-state index is 5.15. The van der Waals surface area contributed by atoms with E-state index in [0.29, 0.717) is 0 Å². The highest BCUT2D eigenvalue weighted by molar-refractivity contribution is 7.98. The first-order valence-electron chi connectivity index (χ1n) is 6.27. The Morgan fingerprint density at radius 1 is 1.21 bits per heavy atom. The van der Waals surface area contributed by atoms with Gasteiger partial charge in [0.15, 0.2) is 0 Å². The van der Waals surface area contributed by atoms with Gasteiger partial charge in [0.1, 0.15) is 11.6 Å². The third-order valence-corrected chi connectivity index (χ3v) is 3.73. The summed E-state index contributed by atoms with van der Waals surface area (Å²) in [5.74, 6) is 2.77. The summed E-state index contributed by atoms with van der Waals surface area (Å²) in [5, 5.41) is 3.22. The molecule has 0 bridgehead atoms. The van der Waals surface area contributed by atoms with Gasteiger partial charge in [-0.15, -0.1) is 11.8 Å². The lowest BCUT2D eigenvalue weighted by atomic mass is 10.3. The largest absolute Gasteiger partial charge is 0.497 e. The molecule has 19 heavy (non-hydrogen) atoms. The Balaban J connectivity index is 1.95. The predicted molar refractivity (Wildman–Crippen MR) is 81.0 cm³/mol. The molecule has 0 unspecified atom stereocenters. The first kappa shape index (κ1) is 13.7. The zero-order valence-corrected chi connectivity index (χ0v) is 12.0. The van der Waals surface area contributed by atoms with Crippen LogP contribution in [0.1, 0.15) is 12.5 Å². The van der Waals surface area contributed by atoms with Crippen molar-refractivity contribution in [2.24, 2.45) is 0 Å². The number of methoxy groups -OCH3 is 1. The summed E-state index contributed by atoms with van der Waals surface area (Å²) in [6.07, 6.45) is 1.85. The topological polar surface area (TPSA) is 34.1 Å². The van der Waals surface area contributed by atoms with Crippen molar-refractivity contribution in [1.29, 1.82) is 0 Å². The Labute approximate surface area is 118 Å². The van der Waals surface area contributed by atoms with Gasteiger partial charge in [-0.2, -0.15) is 0 Å². The van der Waals surface area contributed by atoms with Crippen LogP contribution in [0.3, 0.4) is 0 Å². The number of hydrogen-bond acceptors (Lipinski definition) is 4. The minimum Gasteiger partial charge on any atom is -0.497 e. The molecule has 1 aromatic heterocycles. The van der Waals surface area contributed by atoms with Crippen molar-refractivity contribution in [3.05, 3.63) is 48.2 Å². The van der Waals surface area contributed by atoms with Gasteiger partial charge in [0.2, 0.25) is 0 Å². The predicted octanol–water partition coefficient (Wildman–Crippen LogP) is 3.81. The quantitative estimate of drug-likeness (QED) is 0.812. The first-order chi connectivity index (χ1) is 9.31. The van der Waals surface area contributed by atoms with E-state index in [1.165, 1.54) is 10.5 Å². The molecule has 100 valence electrons. The Hall–Kier alpha value is -1.68. The van der Waals surface area contributed by atoms with E-state index in [9.17, 15) is 0 Å². The second kappa shape index (κ2) is 7.04. The summed E-state index contributed by atoms with van der Waals surface area (Å²) in [6, 6.07) is 12.3. The standard InChI is InChI=1S/C15H18N2OS/c1-3-16-15-10-12(8-9-17-15)11-19-14-6-4-13(18-2)5-7-14/h4-10H,3,11H2,1-2H3,(H,16,17). The van der Waals surface area contributed by atoms with Crippen LogP contribution >= 0.6 is 11.8 Å². The molecule has 0 saturated carbocycles. The Kier molecular flexibility index (Phi) is 5.10. The van der Waals surface area contributed by atoms with Crippen molar-refractivity contribution in [3.63, 3.8) is 0 Å². The number of ether oxygens (including phenoxy) is 1.